The van der Waals surface area contributed by atoms with Crippen LogP contribution in [0.15, 0.2) is 73.1 Å². The fourth-order valence-electron chi connectivity index (χ4n) is 5.96. The molecule has 1 aliphatic rings. The highest BCUT2D eigenvalue weighted by Crippen LogP contribution is 2.36. The number of methoxy groups -OCH3 is 1. The standard InChI is InChI=1S/C38H51N7O5/c1-29(31-10-7-13-34(26-31)50-25-6-4-5-22-48-23-9-24-49-28-35(46)47-3)40-32-11-8-12-33(27-32)42-38(16-20-45(2)21-17-38)37-41-36(43-44-37)30-14-18-39-19-15-30/h7-8,10-15,18-19,26-27,29,40,42H,4-6,9,16-17,20-25,28H2,1-3H3,(H,41,43,44)/t29-/m1/s1. The quantitative estimate of drug-likeness (QED) is 0.0723. The summed E-state index contributed by atoms with van der Waals surface area (Å²) in [5, 5.41) is 16.7. The molecular formula is C38H51N7O5. The Balaban J connectivity index is 1.08. The van der Waals surface area contributed by atoms with E-state index in [0.29, 0.717) is 26.4 Å². The number of H-pyrrole nitrogens is 1. The summed E-state index contributed by atoms with van der Waals surface area (Å²) in [6.07, 6.45) is 9.06. The summed E-state index contributed by atoms with van der Waals surface area (Å²) < 4.78 is 21.5. The molecule has 1 aliphatic heterocycles. The molecule has 0 aliphatic carbocycles. The van der Waals surface area contributed by atoms with Gasteiger partial charge in [0.05, 0.1) is 19.3 Å². The molecule has 0 saturated carbocycles. The van der Waals surface area contributed by atoms with E-state index in [9.17, 15) is 4.79 Å². The van der Waals surface area contributed by atoms with E-state index in [1.54, 1.807) is 12.4 Å². The van der Waals surface area contributed by atoms with Crippen LogP contribution in [-0.2, 0) is 24.5 Å². The molecule has 0 bridgehead atoms. The first-order valence-corrected chi connectivity index (χ1v) is 17.6. The van der Waals surface area contributed by atoms with Crippen molar-refractivity contribution in [3.05, 3.63) is 84.4 Å². The number of pyridine rings is 1. The van der Waals surface area contributed by atoms with Crippen molar-refractivity contribution >= 4 is 17.3 Å². The van der Waals surface area contributed by atoms with Gasteiger partial charge in [-0.15, -0.1) is 10.2 Å². The van der Waals surface area contributed by atoms with E-state index in [-0.39, 0.29) is 24.2 Å². The van der Waals surface area contributed by atoms with Crippen molar-refractivity contribution in [3.8, 4) is 17.1 Å². The van der Waals surface area contributed by atoms with Gasteiger partial charge in [-0.2, -0.15) is 0 Å². The summed E-state index contributed by atoms with van der Waals surface area (Å²) in [7, 11) is 3.51. The topological polar surface area (TPSA) is 136 Å². The zero-order chi connectivity index (χ0) is 35.0. The average Bonchev–Trinajstić information content (AvgIpc) is 3.65. The van der Waals surface area contributed by atoms with Gasteiger partial charge >= 0.3 is 5.97 Å². The molecule has 1 fully saturated rings. The van der Waals surface area contributed by atoms with E-state index < -0.39 is 0 Å². The SMILES string of the molecule is COC(=O)COCCCOCCCCCOc1cccc([C@@H](C)Nc2cccc(NC3(c4nnc(-c5ccncc5)[nH]4)CCN(C)CC3)c2)c1. The normalized spacial score (nSPS) is 14.9. The minimum Gasteiger partial charge on any atom is -0.494 e. The fraction of sp³-hybridized carbons (Fsp3) is 0.474. The Labute approximate surface area is 295 Å². The van der Waals surface area contributed by atoms with Gasteiger partial charge in [0.25, 0.3) is 0 Å². The van der Waals surface area contributed by atoms with E-state index in [4.69, 9.17) is 14.2 Å². The smallest absolute Gasteiger partial charge is 0.331 e. The molecule has 268 valence electrons. The Kier molecular flexibility index (Phi) is 14.0. The van der Waals surface area contributed by atoms with E-state index in [2.05, 4.69) is 90.8 Å². The lowest BCUT2D eigenvalue weighted by molar-refractivity contribution is -0.146. The molecule has 1 saturated heterocycles. The first-order valence-electron chi connectivity index (χ1n) is 17.6. The number of piperidine rings is 1. The molecule has 2 aromatic heterocycles. The van der Waals surface area contributed by atoms with Crippen LogP contribution < -0.4 is 15.4 Å². The number of benzene rings is 2. The number of unbranched alkanes of at least 4 members (excludes halogenated alkanes) is 2. The zero-order valence-electron chi connectivity index (χ0n) is 29.5. The average molecular weight is 686 g/mol. The van der Waals surface area contributed by atoms with Crippen LogP contribution in [0.5, 0.6) is 5.75 Å². The number of aromatic amines is 1. The minimum atomic E-state index is -0.364. The number of nitrogens with one attached hydrogen (secondary N) is 3. The summed E-state index contributed by atoms with van der Waals surface area (Å²) >= 11 is 0. The molecule has 3 heterocycles. The fourth-order valence-corrected chi connectivity index (χ4v) is 5.96. The minimum absolute atomic E-state index is 0.0126. The van der Waals surface area contributed by atoms with Crippen molar-refractivity contribution < 1.29 is 23.7 Å². The number of aromatic nitrogens is 4. The Hall–Kier alpha value is -4.52. The second kappa shape index (κ2) is 19.0. The number of likely N-dealkylation sites (tertiary alicyclic amines) is 1. The molecule has 0 spiro atoms. The molecular weight excluding hydrogens is 634 g/mol. The lowest BCUT2D eigenvalue weighted by Crippen LogP contribution is -2.46. The van der Waals surface area contributed by atoms with Gasteiger partial charge in [-0.25, -0.2) is 4.79 Å². The first kappa shape index (κ1) is 36.8. The molecule has 12 heteroatoms. The second-order valence-corrected chi connectivity index (χ2v) is 12.8. The van der Waals surface area contributed by atoms with Gasteiger partial charge in [-0.1, -0.05) is 18.2 Å². The Bertz CT molecular complexity index is 1590. The highest BCUT2D eigenvalue weighted by molar-refractivity contribution is 5.70. The Morgan fingerprint density at radius 3 is 2.46 bits per heavy atom. The number of rotatable bonds is 20. The van der Waals surface area contributed by atoms with Crippen LogP contribution >= 0.6 is 0 Å². The van der Waals surface area contributed by atoms with Gasteiger partial charge in [-0.05, 0) is 101 Å². The van der Waals surface area contributed by atoms with Crippen LogP contribution in [0.4, 0.5) is 11.4 Å². The van der Waals surface area contributed by atoms with Gasteiger partial charge < -0.3 is 39.5 Å². The Morgan fingerprint density at radius 1 is 0.900 bits per heavy atom. The van der Waals surface area contributed by atoms with Gasteiger partial charge in [-0.3, -0.25) is 4.98 Å². The number of anilines is 2. The van der Waals surface area contributed by atoms with Gasteiger partial charge in [0.1, 0.15) is 12.4 Å². The molecule has 50 heavy (non-hydrogen) atoms. The maximum Gasteiger partial charge on any atom is 0.331 e. The van der Waals surface area contributed by atoms with Crippen LogP contribution in [0.2, 0.25) is 0 Å². The predicted octanol–water partition coefficient (Wildman–Crippen LogP) is 6.22. The monoisotopic (exact) mass is 685 g/mol. The Morgan fingerprint density at radius 2 is 1.64 bits per heavy atom. The number of hydrogen-bond acceptors (Lipinski definition) is 11. The van der Waals surface area contributed by atoms with Gasteiger partial charge in [0.2, 0.25) is 0 Å². The highest BCUT2D eigenvalue weighted by atomic mass is 16.6. The number of esters is 1. The summed E-state index contributed by atoms with van der Waals surface area (Å²) in [4.78, 5) is 21.0. The summed E-state index contributed by atoms with van der Waals surface area (Å²) in [5.41, 5.74) is 3.81. The molecule has 12 nitrogen and oxygen atoms in total. The third-order valence-corrected chi connectivity index (χ3v) is 8.95. The number of carbonyl (C=O) groups excluding carboxylic acids is 1. The van der Waals surface area contributed by atoms with Crippen molar-refractivity contribution in [1.82, 2.24) is 25.1 Å². The first-order chi connectivity index (χ1) is 24.4. The van der Waals surface area contributed by atoms with E-state index in [1.165, 1.54) is 7.11 Å². The van der Waals surface area contributed by atoms with Crippen LogP contribution in [0.3, 0.4) is 0 Å². The summed E-state index contributed by atoms with van der Waals surface area (Å²) in [6.45, 7) is 6.53. The third-order valence-electron chi connectivity index (χ3n) is 8.95. The van der Waals surface area contributed by atoms with Crippen molar-refractivity contribution in [2.45, 2.75) is 57.0 Å². The maximum absolute atomic E-state index is 11.0. The molecule has 0 unspecified atom stereocenters. The second-order valence-electron chi connectivity index (χ2n) is 12.8. The van der Waals surface area contributed by atoms with Crippen molar-refractivity contribution in [3.63, 3.8) is 0 Å². The third kappa shape index (κ3) is 11.0. The molecule has 4 aromatic rings. The lowest BCUT2D eigenvalue weighted by Gasteiger charge is -2.40. The van der Waals surface area contributed by atoms with Crippen LogP contribution in [0.25, 0.3) is 11.4 Å². The van der Waals surface area contributed by atoms with Crippen molar-refractivity contribution in [1.29, 1.82) is 0 Å². The zero-order valence-corrected chi connectivity index (χ0v) is 29.5. The summed E-state index contributed by atoms with van der Waals surface area (Å²) in [5.74, 6) is 2.11. The van der Waals surface area contributed by atoms with Crippen molar-refractivity contribution in [2.75, 3.05) is 70.9 Å². The largest absolute Gasteiger partial charge is 0.494 e. The molecule has 3 N–H and O–H groups in total. The number of nitrogens with zero attached hydrogens (tertiary/aromatic N) is 4. The molecule has 2 aromatic carbocycles. The van der Waals surface area contributed by atoms with E-state index >= 15 is 0 Å². The van der Waals surface area contributed by atoms with Crippen LogP contribution in [-0.4, -0.2) is 91.3 Å². The van der Waals surface area contributed by atoms with Gasteiger partial charge in [0.15, 0.2) is 11.6 Å². The van der Waals surface area contributed by atoms with Crippen LogP contribution in [0.1, 0.15) is 62.9 Å². The molecule has 5 rings (SSSR count). The predicted molar refractivity (Wildman–Crippen MR) is 194 cm³/mol. The number of carbonyl (C=O) groups is 1. The van der Waals surface area contributed by atoms with E-state index in [0.717, 1.165) is 91.5 Å². The lowest BCUT2D eigenvalue weighted by atomic mass is 9.86. The number of ether oxygens (including phenoxy) is 4. The summed E-state index contributed by atoms with van der Waals surface area (Å²) in [6, 6.07) is 20.7. The molecule has 1 atom stereocenters. The molecule has 0 radical (unpaired) electrons. The highest BCUT2D eigenvalue weighted by Gasteiger charge is 2.39. The maximum atomic E-state index is 11.0. The molecule has 0 amide bonds. The van der Waals surface area contributed by atoms with E-state index in [1.807, 2.05) is 24.3 Å². The number of hydrogen-bond donors (Lipinski definition) is 3. The van der Waals surface area contributed by atoms with Gasteiger partial charge in [0, 0.05) is 68.3 Å². The van der Waals surface area contributed by atoms with Crippen molar-refractivity contribution in [2.24, 2.45) is 0 Å². The van der Waals surface area contributed by atoms with Crippen LogP contribution in [0, 0.1) is 0 Å².